The summed E-state index contributed by atoms with van der Waals surface area (Å²) in [5, 5.41) is 8.43. The van der Waals surface area contributed by atoms with Gasteiger partial charge in [-0.15, -0.1) is 0 Å². The highest BCUT2D eigenvalue weighted by atomic mass is 35.5. The maximum absolute atomic E-state index is 13.1. The van der Waals surface area contributed by atoms with E-state index in [0.717, 1.165) is 12.8 Å². The molecule has 1 aromatic heterocycles. The largest absolute Gasteiger partial charge is 0.353 e. The van der Waals surface area contributed by atoms with Gasteiger partial charge in [0.25, 0.3) is 5.91 Å². The molecular weight excluding hydrogens is 572 g/mol. The second-order valence-corrected chi connectivity index (χ2v) is 12.9. The van der Waals surface area contributed by atoms with Crippen molar-refractivity contribution in [1.29, 1.82) is 0 Å². The Morgan fingerprint density at radius 2 is 1.76 bits per heavy atom. The first-order valence-corrected chi connectivity index (χ1v) is 15.7. The van der Waals surface area contributed by atoms with Crippen molar-refractivity contribution in [3.8, 4) is 0 Å². The lowest BCUT2D eigenvalue weighted by Gasteiger charge is -2.41. The topological polar surface area (TPSA) is 164 Å². The number of carbonyl (C=O) groups excluding carboxylic acids is 4. The van der Waals surface area contributed by atoms with E-state index in [1.807, 2.05) is 4.90 Å². The zero-order chi connectivity index (χ0) is 29.4. The van der Waals surface area contributed by atoms with Crippen molar-refractivity contribution < 1.29 is 28.3 Å². The zero-order valence-electron chi connectivity index (χ0n) is 22.6. The SMILES string of the molecule is O=C(CC(NC(=O)c1ccc(N2CCCCC2=O)cc1)C(=O)NCCN1CCS(O)(O)CC1)Nc1ccc(Cl)cn1. The summed E-state index contributed by atoms with van der Waals surface area (Å²) < 4.78 is 19.6. The predicted molar refractivity (Wildman–Crippen MR) is 158 cm³/mol. The van der Waals surface area contributed by atoms with Gasteiger partial charge < -0.3 is 20.9 Å². The van der Waals surface area contributed by atoms with Crippen molar-refractivity contribution in [3.05, 3.63) is 53.2 Å². The number of piperidine rings is 1. The summed E-state index contributed by atoms with van der Waals surface area (Å²) in [4.78, 5) is 58.9. The lowest BCUT2D eigenvalue weighted by Crippen LogP contribution is -2.50. The quantitative estimate of drug-likeness (QED) is 0.275. The molecule has 4 amide bonds. The Morgan fingerprint density at radius 1 is 1.02 bits per heavy atom. The first kappa shape index (κ1) is 30.7. The number of nitrogens with zero attached hydrogens (tertiary/aromatic N) is 3. The molecule has 3 heterocycles. The summed E-state index contributed by atoms with van der Waals surface area (Å²) in [5.74, 6) is -0.713. The Kier molecular flexibility index (Phi) is 10.6. The number of anilines is 2. The molecule has 5 N–H and O–H groups in total. The number of rotatable bonds is 10. The van der Waals surface area contributed by atoms with Crippen LogP contribution in [0.25, 0.3) is 0 Å². The average molecular weight is 607 g/mol. The number of hydrogen-bond acceptors (Lipinski definition) is 8. The molecule has 0 bridgehead atoms. The minimum Gasteiger partial charge on any atom is -0.353 e. The van der Waals surface area contributed by atoms with Gasteiger partial charge in [0.05, 0.1) is 22.9 Å². The van der Waals surface area contributed by atoms with Gasteiger partial charge in [0, 0.05) is 56.6 Å². The fourth-order valence-electron chi connectivity index (χ4n) is 4.60. The minimum absolute atomic E-state index is 0.0456. The third kappa shape index (κ3) is 9.13. The number of benzene rings is 1. The Hall–Kier alpha value is -3.23. The van der Waals surface area contributed by atoms with Crippen LogP contribution in [0.1, 0.15) is 36.0 Å². The number of amides is 4. The molecule has 2 aliphatic heterocycles. The molecule has 14 heteroatoms. The van der Waals surface area contributed by atoms with E-state index in [9.17, 15) is 28.3 Å². The standard InChI is InChI=1S/C27H35ClN6O6S/c28-20-6-9-23(30-18-20)32-24(35)17-22(27(38)29-10-12-33-13-15-41(39,40)16-14-33)31-26(37)19-4-7-21(8-5-19)34-11-2-1-3-25(34)36/h4-9,18,22,39-40H,1-3,10-17H2,(H,29,38)(H,31,37)(H,30,32,35). The Balaban J connectivity index is 1.38. The summed E-state index contributed by atoms with van der Waals surface area (Å²) in [6.45, 7) is 2.38. The Morgan fingerprint density at radius 3 is 2.41 bits per heavy atom. The number of nitrogens with one attached hydrogen (secondary N) is 3. The lowest BCUT2D eigenvalue weighted by atomic mass is 10.1. The highest BCUT2D eigenvalue weighted by Gasteiger charge is 2.26. The van der Waals surface area contributed by atoms with Gasteiger partial charge in [0.15, 0.2) is 0 Å². The molecule has 2 saturated heterocycles. The van der Waals surface area contributed by atoms with Crippen molar-refractivity contribution in [1.82, 2.24) is 20.5 Å². The van der Waals surface area contributed by atoms with Crippen molar-refractivity contribution >= 4 is 57.3 Å². The van der Waals surface area contributed by atoms with Crippen LogP contribution in [0.5, 0.6) is 0 Å². The van der Waals surface area contributed by atoms with E-state index in [4.69, 9.17) is 11.6 Å². The van der Waals surface area contributed by atoms with Gasteiger partial charge in [-0.25, -0.2) is 4.98 Å². The number of hydrogen-bond donors (Lipinski definition) is 5. The molecule has 1 atom stereocenters. The van der Waals surface area contributed by atoms with Crippen LogP contribution < -0.4 is 20.9 Å². The Bertz CT molecular complexity index is 1240. The van der Waals surface area contributed by atoms with Crippen LogP contribution in [0.4, 0.5) is 11.5 Å². The fourth-order valence-corrected chi connectivity index (χ4v) is 6.02. The lowest BCUT2D eigenvalue weighted by molar-refractivity contribution is -0.126. The average Bonchev–Trinajstić information content (AvgIpc) is 2.95. The molecule has 2 aliphatic rings. The normalized spacial score (nSPS) is 18.7. The first-order chi connectivity index (χ1) is 19.6. The zero-order valence-corrected chi connectivity index (χ0v) is 24.1. The molecule has 2 aromatic rings. The van der Waals surface area contributed by atoms with E-state index < -0.39 is 34.4 Å². The minimum atomic E-state index is -2.52. The monoisotopic (exact) mass is 606 g/mol. The summed E-state index contributed by atoms with van der Waals surface area (Å²) in [5.41, 5.74) is 0.984. The highest BCUT2D eigenvalue weighted by Crippen LogP contribution is 2.40. The molecule has 0 spiro atoms. The van der Waals surface area contributed by atoms with Crippen LogP contribution in [0.3, 0.4) is 0 Å². The van der Waals surface area contributed by atoms with Crippen molar-refractivity contribution in [2.24, 2.45) is 0 Å². The molecule has 1 unspecified atom stereocenters. The molecule has 0 saturated carbocycles. The van der Waals surface area contributed by atoms with Gasteiger partial charge in [-0.2, -0.15) is 10.6 Å². The summed E-state index contributed by atoms with van der Waals surface area (Å²) >= 11 is 5.85. The molecule has 12 nitrogen and oxygen atoms in total. The summed E-state index contributed by atoms with van der Waals surface area (Å²) in [7, 11) is -2.52. The second-order valence-electron chi connectivity index (χ2n) is 10.0. The van der Waals surface area contributed by atoms with Crippen molar-refractivity contribution in [2.45, 2.75) is 31.7 Å². The van der Waals surface area contributed by atoms with Gasteiger partial charge in [0.2, 0.25) is 17.7 Å². The molecule has 4 rings (SSSR count). The number of aromatic nitrogens is 1. The number of carbonyl (C=O) groups is 4. The number of pyridine rings is 1. The molecule has 1 aromatic carbocycles. The predicted octanol–water partition coefficient (Wildman–Crippen LogP) is 2.56. The van der Waals surface area contributed by atoms with Crippen LogP contribution in [-0.2, 0) is 14.4 Å². The van der Waals surface area contributed by atoms with Crippen molar-refractivity contribution in [2.75, 3.05) is 54.4 Å². The van der Waals surface area contributed by atoms with E-state index in [-0.39, 0.29) is 30.3 Å². The van der Waals surface area contributed by atoms with Gasteiger partial charge in [-0.3, -0.25) is 33.2 Å². The molecule has 222 valence electrons. The first-order valence-electron chi connectivity index (χ1n) is 13.5. The summed E-state index contributed by atoms with van der Waals surface area (Å²) in [6, 6.07) is 8.47. The molecule has 41 heavy (non-hydrogen) atoms. The van der Waals surface area contributed by atoms with Crippen LogP contribution in [0, 0.1) is 0 Å². The third-order valence-electron chi connectivity index (χ3n) is 6.97. The third-order valence-corrected chi connectivity index (χ3v) is 8.86. The van der Waals surface area contributed by atoms with Gasteiger partial charge in [0.1, 0.15) is 11.9 Å². The van der Waals surface area contributed by atoms with Crippen LogP contribution in [0.2, 0.25) is 5.02 Å². The van der Waals surface area contributed by atoms with Crippen LogP contribution >= 0.6 is 22.2 Å². The second kappa shape index (κ2) is 14.1. The molecule has 0 radical (unpaired) electrons. The highest BCUT2D eigenvalue weighted by molar-refractivity contribution is 8.24. The van der Waals surface area contributed by atoms with Crippen molar-refractivity contribution in [3.63, 3.8) is 0 Å². The van der Waals surface area contributed by atoms with Gasteiger partial charge in [-0.1, -0.05) is 11.6 Å². The molecule has 2 fully saturated rings. The smallest absolute Gasteiger partial charge is 0.251 e. The molecular formula is C27H35ClN6O6S. The van der Waals surface area contributed by atoms with E-state index in [1.165, 1.54) is 12.3 Å². The Labute approximate surface area is 245 Å². The fraction of sp³-hybridized carbons (Fsp3) is 0.444. The van der Waals surface area contributed by atoms with Crippen LogP contribution in [0.15, 0.2) is 42.6 Å². The van der Waals surface area contributed by atoms with Gasteiger partial charge in [-0.05, 0) is 49.2 Å². The maximum Gasteiger partial charge on any atom is 0.251 e. The van der Waals surface area contributed by atoms with E-state index in [1.54, 1.807) is 35.2 Å². The van der Waals surface area contributed by atoms with Crippen LogP contribution in [-0.4, -0.2) is 92.9 Å². The number of halogens is 1. The molecule has 0 aliphatic carbocycles. The van der Waals surface area contributed by atoms with E-state index in [0.29, 0.717) is 54.8 Å². The van der Waals surface area contributed by atoms with E-state index >= 15 is 0 Å². The summed E-state index contributed by atoms with van der Waals surface area (Å²) in [6.07, 6.45) is 3.32. The van der Waals surface area contributed by atoms with Gasteiger partial charge >= 0.3 is 0 Å². The van der Waals surface area contributed by atoms with E-state index in [2.05, 4.69) is 20.9 Å². The maximum atomic E-state index is 13.1.